The molecule has 1 atom stereocenters. The average molecular weight is 299 g/mol. The monoisotopic (exact) mass is 299 g/mol. The number of amides is 2. The van der Waals surface area contributed by atoms with E-state index in [1.54, 1.807) is 5.38 Å². The van der Waals surface area contributed by atoms with Crippen LogP contribution in [0.25, 0.3) is 0 Å². The van der Waals surface area contributed by atoms with Gasteiger partial charge in [-0.1, -0.05) is 0 Å². The summed E-state index contributed by atoms with van der Waals surface area (Å²) in [5.74, 6) is -1.06. The van der Waals surface area contributed by atoms with E-state index in [1.807, 2.05) is 7.05 Å². The average Bonchev–Trinajstić information content (AvgIpc) is 2.85. The van der Waals surface area contributed by atoms with Crippen LogP contribution in [0.15, 0.2) is 11.4 Å². The first-order valence-electron chi connectivity index (χ1n) is 6.22. The number of aromatic carboxylic acids is 1. The first-order valence-corrected chi connectivity index (χ1v) is 7.10. The highest BCUT2D eigenvalue weighted by Gasteiger charge is 2.19. The molecule has 8 heteroatoms. The minimum atomic E-state index is -1.06. The molecule has 1 fully saturated rings. The van der Waals surface area contributed by atoms with E-state index in [9.17, 15) is 9.59 Å². The van der Waals surface area contributed by atoms with Gasteiger partial charge in [0.2, 0.25) is 0 Å². The molecule has 1 aromatic rings. The van der Waals surface area contributed by atoms with E-state index in [1.165, 1.54) is 17.4 Å². The molecule has 2 rings (SSSR count). The largest absolute Gasteiger partial charge is 0.478 e. The summed E-state index contributed by atoms with van der Waals surface area (Å²) in [5.41, 5.74) is 0.0961. The van der Waals surface area contributed by atoms with Crippen LogP contribution in [0.3, 0.4) is 0 Å². The summed E-state index contributed by atoms with van der Waals surface area (Å²) in [4.78, 5) is 24.8. The molecule has 110 valence electrons. The molecule has 0 saturated carbocycles. The van der Waals surface area contributed by atoms with Gasteiger partial charge in [-0.3, -0.25) is 5.32 Å². The summed E-state index contributed by atoms with van der Waals surface area (Å²) in [7, 11) is 2.00. The van der Waals surface area contributed by atoms with E-state index >= 15 is 0 Å². The van der Waals surface area contributed by atoms with Gasteiger partial charge in [-0.25, -0.2) is 9.59 Å². The molecule has 1 aliphatic heterocycles. The zero-order valence-electron chi connectivity index (χ0n) is 11.1. The van der Waals surface area contributed by atoms with Crippen LogP contribution in [-0.2, 0) is 4.74 Å². The molecule has 2 heterocycles. The number of hydrogen-bond donors (Lipinski definition) is 3. The maximum Gasteiger partial charge on any atom is 0.338 e. The number of carbonyl (C=O) groups is 2. The Morgan fingerprint density at radius 2 is 2.40 bits per heavy atom. The number of carboxylic acids is 1. The fourth-order valence-electron chi connectivity index (χ4n) is 1.92. The zero-order valence-corrected chi connectivity index (χ0v) is 11.9. The number of urea groups is 1. The molecule has 1 unspecified atom stereocenters. The van der Waals surface area contributed by atoms with Crippen molar-refractivity contribution >= 4 is 28.3 Å². The molecule has 20 heavy (non-hydrogen) atoms. The first kappa shape index (κ1) is 14.8. The predicted octanol–water partition coefficient (Wildman–Crippen LogP) is 0.898. The zero-order chi connectivity index (χ0) is 14.5. The molecule has 0 aliphatic carbocycles. The lowest BCUT2D eigenvalue weighted by atomic mass is 10.3. The fraction of sp³-hybridized carbons (Fsp3) is 0.500. The van der Waals surface area contributed by atoms with Crippen molar-refractivity contribution in [3.8, 4) is 0 Å². The third-order valence-corrected chi connectivity index (χ3v) is 3.78. The van der Waals surface area contributed by atoms with Crippen molar-refractivity contribution in [3.05, 3.63) is 17.0 Å². The van der Waals surface area contributed by atoms with Crippen molar-refractivity contribution in [1.29, 1.82) is 0 Å². The summed E-state index contributed by atoms with van der Waals surface area (Å²) in [6.45, 7) is 2.70. The van der Waals surface area contributed by atoms with E-state index in [0.29, 0.717) is 18.2 Å². The molecule has 1 saturated heterocycles. The highest BCUT2D eigenvalue weighted by atomic mass is 32.1. The molecule has 3 N–H and O–H groups in total. The van der Waals surface area contributed by atoms with Gasteiger partial charge in [0.15, 0.2) is 0 Å². The lowest BCUT2D eigenvalue weighted by Crippen LogP contribution is -2.46. The lowest BCUT2D eigenvalue weighted by molar-refractivity contribution is -0.0166. The van der Waals surface area contributed by atoms with Crippen molar-refractivity contribution in [2.45, 2.75) is 6.10 Å². The quantitative estimate of drug-likeness (QED) is 0.768. The molecule has 7 nitrogen and oxygen atoms in total. The van der Waals surface area contributed by atoms with E-state index < -0.39 is 12.0 Å². The Labute approximate surface area is 120 Å². The number of thiophene rings is 1. The number of morpholine rings is 1. The number of nitrogens with one attached hydrogen (secondary N) is 2. The van der Waals surface area contributed by atoms with Crippen LogP contribution in [0, 0.1) is 0 Å². The minimum absolute atomic E-state index is 0.0400. The van der Waals surface area contributed by atoms with Gasteiger partial charge in [-0.2, -0.15) is 0 Å². The maximum atomic E-state index is 11.7. The van der Waals surface area contributed by atoms with E-state index in [4.69, 9.17) is 9.84 Å². The minimum Gasteiger partial charge on any atom is -0.478 e. The Bertz CT molecular complexity index is 491. The summed E-state index contributed by atoms with van der Waals surface area (Å²) in [5, 5.41) is 16.1. The second kappa shape index (κ2) is 6.69. The molecular weight excluding hydrogens is 282 g/mol. The van der Waals surface area contributed by atoms with Gasteiger partial charge >= 0.3 is 12.0 Å². The predicted molar refractivity (Wildman–Crippen MR) is 75.5 cm³/mol. The van der Waals surface area contributed by atoms with Crippen molar-refractivity contribution in [1.82, 2.24) is 10.2 Å². The Morgan fingerprint density at radius 1 is 1.60 bits per heavy atom. The molecular formula is C12H17N3O4S. The van der Waals surface area contributed by atoms with Gasteiger partial charge in [0.25, 0.3) is 0 Å². The first-order chi connectivity index (χ1) is 9.56. The summed E-state index contributed by atoms with van der Waals surface area (Å²) in [6, 6.07) is 1.04. The third kappa shape index (κ3) is 3.92. The van der Waals surface area contributed by atoms with Crippen LogP contribution in [0.2, 0.25) is 0 Å². The summed E-state index contributed by atoms with van der Waals surface area (Å²) >= 11 is 1.18. The molecule has 1 aromatic heterocycles. The highest BCUT2D eigenvalue weighted by Crippen LogP contribution is 2.22. The molecule has 2 amide bonds. The number of ether oxygens (including phenoxy) is 1. The number of carboxylic acid groups (broad SMARTS) is 1. The number of rotatable bonds is 4. The van der Waals surface area contributed by atoms with E-state index in [2.05, 4.69) is 15.5 Å². The van der Waals surface area contributed by atoms with Gasteiger partial charge in [-0.15, -0.1) is 11.3 Å². The Balaban J connectivity index is 1.80. The second-order valence-corrected chi connectivity index (χ2v) is 5.47. The Hall–Kier alpha value is -1.64. The van der Waals surface area contributed by atoms with Crippen LogP contribution >= 0.6 is 11.3 Å². The van der Waals surface area contributed by atoms with Gasteiger partial charge < -0.3 is 20.1 Å². The van der Waals surface area contributed by atoms with Crippen molar-refractivity contribution in [3.63, 3.8) is 0 Å². The second-order valence-electron chi connectivity index (χ2n) is 4.56. The SMILES string of the molecule is CN1CCOC(CNC(=O)Nc2sccc2C(=O)O)C1. The standard InChI is InChI=1S/C12H17N3O4S/c1-15-3-4-19-8(7-15)6-13-12(18)14-10-9(11(16)17)2-5-20-10/h2,5,8H,3-4,6-7H2,1H3,(H,16,17)(H2,13,14,18). The molecule has 0 radical (unpaired) electrons. The molecule has 0 spiro atoms. The van der Waals surface area contributed by atoms with Crippen LogP contribution < -0.4 is 10.6 Å². The van der Waals surface area contributed by atoms with Crippen molar-refractivity contribution in [2.24, 2.45) is 0 Å². The Morgan fingerprint density at radius 3 is 3.10 bits per heavy atom. The number of likely N-dealkylation sites (N-methyl/N-ethyl adjacent to an activating group) is 1. The highest BCUT2D eigenvalue weighted by molar-refractivity contribution is 7.14. The van der Waals surface area contributed by atoms with Gasteiger partial charge in [0.1, 0.15) is 5.00 Å². The molecule has 1 aliphatic rings. The van der Waals surface area contributed by atoms with Gasteiger partial charge in [0.05, 0.1) is 18.3 Å². The van der Waals surface area contributed by atoms with Crippen molar-refractivity contribution in [2.75, 3.05) is 38.6 Å². The summed E-state index contributed by atoms with van der Waals surface area (Å²) < 4.78 is 5.52. The third-order valence-electron chi connectivity index (χ3n) is 2.95. The van der Waals surface area contributed by atoms with Crippen LogP contribution in [0.1, 0.15) is 10.4 Å². The normalized spacial score (nSPS) is 19.6. The van der Waals surface area contributed by atoms with E-state index in [-0.39, 0.29) is 11.7 Å². The number of nitrogens with zero attached hydrogens (tertiary/aromatic N) is 1. The smallest absolute Gasteiger partial charge is 0.338 e. The summed E-state index contributed by atoms with van der Waals surface area (Å²) in [6.07, 6.45) is -0.0400. The fourth-order valence-corrected chi connectivity index (χ4v) is 2.69. The van der Waals surface area contributed by atoms with Gasteiger partial charge in [-0.05, 0) is 18.5 Å². The number of carbonyl (C=O) groups excluding carboxylic acids is 1. The molecule has 0 aromatic carbocycles. The Kier molecular flexibility index (Phi) is 4.94. The molecule has 0 bridgehead atoms. The van der Waals surface area contributed by atoms with Crippen LogP contribution in [-0.4, -0.2) is 61.4 Å². The topological polar surface area (TPSA) is 90.9 Å². The van der Waals surface area contributed by atoms with Gasteiger partial charge in [0, 0.05) is 19.6 Å². The van der Waals surface area contributed by atoms with Crippen LogP contribution in [0.4, 0.5) is 9.80 Å². The van der Waals surface area contributed by atoms with E-state index in [0.717, 1.165) is 13.1 Å². The lowest BCUT2D eigenvalue weighted by Gasteiger charge is -2.30. The number of anilines is 1. The number of hydrogen-bond acceptors (Lipinski definition) is 5. The van der Waals surface area contributed by atoms with Crippen LogP contribution in [0.5, 0.6) is 0 Å². The van der Waals surface area contributed by atoms with Crippen molar-refractivity contribution < 1.29 is 19.4 Å². The maximum absolute atomic E-state index is 11.7.